The van der Waals surface area contributed by atoms with E-state index in [1.165, 1.54) is 44.9 Å². The van der Waals surface area contributed by atoms with Crippen LogP contribution in [0.2, 0.25) is 0 Å². The smallest absolute Gasteiger partial charge is 0.311 e. The van der Waals surface area contributed by atoms with Gasteiger partial charge in [0.25, 0.3) is 0 Å². The first-order valence-electron chi connectivity index (χ1n) is 11.8. The fourth-order valence-electron chi connectivity index (χ4n) is 3.47. The number of unbranched alkanes of at least 4 members (excludes halogenated alkanes) is 10. The predicted molar refractivity (Wildman–Crippen MR) is 124 cm³/mol. The lowest BCUT2D eigenvalue weighted by Crippen LogP contribution is -2.07. The lowest BCUT2D eigenvalue weighted by molar-refractivity contribution is -0.135. The Morgan fingerprint density at radius 1 is 0.452 bits per heavy atom. The molecular weight excluding hydrogens is 388 g/mol. The molecule has 0 saturated heterocycles. The summed E-state index contributed by atoms with van der Waals surface area (Å²) in [5, 5.41) is 0. The summed E-state index contributed by atoms with van der Waals surface area (Å²) in [6.07, 6.45) is 13.6. The van der Waals surface area contributed by atoms with Crippen molar-refractivity contribution in [2.24, 2.45) is 0 Å². The van der Waals surface area contributed by atoms with E-state index in [-0.39, 0.29) is 11.9 Å². The first kappa shape index (κ1) is 24.6. The molecule has 0 heterocycles. The van der Waals surface area contributed by atoms with Crippen LogP contribution in [0.1, 0.15) is 83.5 Å². The molecule has 0 aromatic heterocycles. The minimum atomic E-state index is -0.139. The van der Waals surface area contributed by atoms with E-state index in [4.69, 9.17) is 9.47 Å². The van der Waals surface area contributed by atoms with Crippen molar-refractivity contribution in [2.45, 2.75) is 83.5 Å². The molecule has 0 fully saturated rings. The van der Waals surface area contributed by atoms with Gasteiger partial charge in [0.2, 0.25) is 0 Å². The zero-order chi connectivity index (χ0) is 22.0. The summed E-state index contributed by atoms with van der Waals surface area (Å²) in [6, 6.07) is 18.5. The molecule has 2 aromatic rings. The molecule has 0 saturated carbocycles. The molecule has 0 atom stereocenters. The Kier molecular flexibility index (Phi) is 12.8. The van der Waals surface area contributed by atoms with Crippen molar-refractivity contribution in [3.8, 4) is 11.5 Å². The SMILES string of the molecule is O=C(CCCCCCCCCCCCCC(=O)Oc1ccccc1)Oc1ccccc1. The zero-order valence-electron chi connectivity index (χ0n) is 18.6. The van der Waals surface area contributed by atoms with Gasteiger partial charge in [-0.3, -0.25) is 9.59 Å². The Balaban J connectivity index is 1.31. The van der Waals surface area contributed by atoms with Crippen molar-refractivity contribution >= 4 is 11.9 Å². The maximum Gasteiger partial charge on any atom is 0.311 e. The minimum absolute atomic E-state index is 0.139. The molecule has 0 aliphatic rings. The molecule has 2 rings (SSSR count). The van der Waals surface area contributed by atoms with Crippen molar-refractivity contribution in [3.05, 3.63) is 60.7 Å². The molecule has 0 aliphatic carbocycles. The number of ether oxygens (including phenoxy) is 2. The normalized spacial score (nSPS) is 10.6. The maximum atomic E-state index is 11.8. The van der Waals surface area contributed by atoms with E-state index in [1.807, 2.05) is 36.4 Å². The summed E-state index contributed by atoms with van der Waals surface area (Å²) < 4.78 is 10.6. The van der Waals surface area contributed by atoms with Gasteiger partial charge in [0, 0.05) is 12.8 Å². The van der Waals surface area contributed by atoms with Gasteiger partial charge in [0.05, 0.1) is 0 Å². The van der Waals surface area contributed by atoms with Gasteiger partial charge in [-0.2, -0.15) is 0 Å². The van der Waals surface area contributed by atoms with Crippen molar-refractivity contribution < 1.29 is 19.1 Å². The van der Waals surface area contributed by atoms with Crippen LogP contribution >= 0.6 is 0 Å². The average molecular weight is 425 g/mol. The Labute approximate surface area is 187 Å². The molecule has 0 radical (unpaired) electrons. The lowest BCUT2D eigenvalue weighted by atomic mass is 10.0. The first-order valence-corrected chi connectivity index (χ1v) is 11.8. The van der Waals surface area contributed by atoms with Crippen LogP contribution in [0.15, 0.2) is 60.7 Å². The molecule has 2 aromatic carbocycles. The third-order valence-corrected chi connectivity index (χ3v) is 5.21. The summed E-state index contributed by atoms with van der Waals surface area (Å²) in [6.45, 7) is 0. The van der Waals surface area contributed by atoms with E-state index in [0.29, 0.717) is 24.3 Å². The van der Waals surface area contributed by atoms with E-state index in [1.54, 1.807) is 24.3 Å². The fraction of sp³-hybridized carbons (Fsp3) is 0.481. The highest BCUT2D eigenvalue weighted by Crippen LogP contribution is 2.15. The molecule has 31 heavy (non-hydrogen) atoms. The minimum Gasteiger partial charge on any atom is -0.427 e. The molecule has 0 unspecified atom stereocenters. The fourth-order valence-corrected chi connectivity index (χ4v) is 3.47. The van der Waals surface area contributed by atoms with Gasteiger partial charge in [-0.25, -0.2) is 0 Å². The number of hydrogen-bond donors (Lipinski definition) is 0. The van der Waals surface area contributed by atoms with Gasteiger partial charge in [-0.1, -0.05) is 94.2 Å². The number of hydrogen-bond acceptors (Lipinski definition) is 4. The molecular formula is C27H36O4. The zero-order valence-corrected chi connectivity index (χ0v) is 18.6. The molecule has 0 amide bonds. The summed E-state index contributed by atoms with van der Waals surface area (Å²) in [7, 11) is 0. The van der Waals surface area contributed by atoms with Gasteiger partial charge in [0.15, 0.2) is 0 Å². The van der Waals surface area contributed by atoms with Crippen LogP contribution in [0.5, 0.6) is 11.5 Å². The van der Waals surface area contributed by atoms with E-state index in [0.717, 1.165) is 25.7 Å². The van der Waals surface area contributed by atoms with Crippen LogP contribution in [0.3, 0.4) is 0 Å². The highest BCUT2D eigenvalue weighted by molar-refractivity contribution is 5.72. The summed E-state index contributed by atoms with van der Waals surface area (Å²) in [5.74, 6) is 0.971. The lowest BCUT2D eigenvalue weighted by Gasteiger charge is -2.05. The Hall–Kier alpha value is -2.62. The second-order valence-electron chi connectivity index (χ2n) is 7.96. The quantitative estimate of drug-likeness (QED) is 0.161. The van der Waals surface area contributed by atoms with Crippen molar-refractivity contribution in [1.29, 1.82) is 0 Å². The third kappa shape index (κ3) is 12.6. The van der Waals surface area contributed by atoms with Crippen LogP contribution in [0, 0.1) is 0 Å². The second-order valence-corrected chi connectivity index (χ2v) is 7.96. The second kappa shape index (κ2) is 16.1. The van der Waals surface area contributed by atoms with E-state index in [9.17, 15) is 9.59 Å². The number of benzene rings is 2. The monoisotopic (exact) mass is 424 g/mol. The maximum absolute atomic E-state index is 11.8. The molecule has 0 N–H and O–H groups in total. The number of esters is 2. The van der Waals surface area contributed by atoms with Crippen LogP contribution in [0.25, 0.3) is 0 Å². The summed E-state index contributed by atoms with van der Waals surface area (Å²) >= 11 is 0. The van der Waals surface area contributed by atoms with Gasteiger partial charge >= 0.3 is 11.9 Å². The molecule has 4 nitrogen and oxygen atoms in total. The van der Waals surface area contributed by atoms with Crippen LogP contribution in [-0.2, 0) is 9.59 Å². The number of carbonyl (C=O) groups is 2. The highest BCUT2D eigenvalue weighted by Gasteiger charge is 2.05. The Morgan fingerprint density at radius 3 is 1.06 bits per heavy atom. The number of rotatable bonds is 16. The van der Waals surface area contributed by atoms with Gasteiger partial charge in [-0.05, 0) is 37.1 Å². The number of carbonyl (C=O) groups excluding carboxylic acids is 2. The first-order chi connectivity index (χ1) is 15.2. The summed E-state index contributed by atoms with van der Waals surface area (Å²) in [4.78, 5) is 23.5. The Bertz CT molecular complexity index is 664. The van der Waals surface area contributed by atoms with Crippen LogP contribution in [0.4, 0.5) is 0 Å². The van der Waals surface area contributed by atoms with Gasteiger partial charge < -0.3 is 9.47 Å². The highest BCUT2D eigenvalue weighted by atomic mass is 16.5. The molecule has 4 heteroatoms. The molecule has 0 spiro atoms. The van der Waals surface area contributed by atoms with E-state index < -0.39 is 0 Å². The summed E-state index contributed by atoms with van der Waals surface area (Å²) in [5.41, 5.74) is 0. The topological polar surface area (TPSA) is 52.6 Å². The molecule has 168 valence electrons. The van der Waals surface area contributed by atoms with E-state index >= 15 is 0 Å². The number of para-hydroxylation sites is 2. The average Bonchev–Trinajstić information content (AvgIpc) is 2.78. The third-order valence-electron chi connectivity index (χ3n) is 5.21. The van der Waals surface area contributed by atoms with E-state index in [2.05, 4.69) is 0 Å². The molecule has 0 bridgehead atoms. The Morgan fingerprint density at radius 2 is 0.742 bits per heavy atom. The van der Waals surface area contributed by atoms with Crippen molar-refractivity contribution in [1.82, 2.24) is 0 Å². The van der Waals surface area contributed by atoms with Crippen molar-refractivity contribution in [2.75, 3.05) is 0 Å². The standard InChI is InChI=1S/C27H36O4/c28-26(30-24-18-12-10-13-19-24)22-16-8-6-4-2-1-3-5-7-9-17-23-27(29)31-25-20-14-11-15-21-25/h10-15,18-21H,1-9,16-17,22-23H2. The largest absolute Gasteiger partial charge is 0.427 e. The van der Waals surface area contributed by atoms with Crippen LogP contribution in [-0.4, -0.2) is 11.9 Å². The predicted octanol–water partition coefficient (Wildman–Crippen LogP) is 7.27. The van der Waals surface area contributed by atoms with Crippen LogP contribution < -0.4 is 9.47 Å². The molecule has 0 aliphatic heterocycles. The van der Waals surface area contributed by atoms with Gasteiger partial charge in [-0.15, -0.1) is 0 Å². The van der Waals surface area contributed by atoms with Gasteiger partial charge in [0.1, 0.15) is 11.5 Å². The van der Waals surface area contributed by atoms with Crippen molar-refractivity contribution in [3.63, 3.8) is 0 Å².